The van der Waals surface area contributed by atoms with Gasteiger partial charge in [-0.15, -0.1) is 0 Å². The summed E-state index contributed by atoms with van der Waals surface area (Å²) < 4.78 is 33.4. The maximum absolute atomic E-state index is 13.3. The molecule has 0 N–H and O–H groups in total. The maximum Gasteiger partial charge on any atom is 0.243 e. The predicted octanol–water partition coefficient (Wildman–Crippen LogP) is 3.21. The van der Waals surface area contributed by atoms with E-state index in [4.69, 9.17) is 4.74 Å². The molecule has 26 heavy (non-hydrogen) atoms. The number of hydrogen-bond donors (Lipinski definition) is 0. The van der Waals surface area contributed by atoms with Gasteiger partial charge in [-0.2, -0.15) is 4.31 Å². The van der Waals surface area contributed by atoms with Crippen molar-refractivity contribution in [1.29, 1.82) is 0 Å². The number of benzene rings is 2. The fourth-order valence-corrected chi connectivity index (χ4v) is 5.63. The van der Waals surface area contributed by atoms with Gasteiger partial charge in [-0.25, -0.2) is 8.42 Å². The molecule has 0 saturated carbocycles. The second-order valence-electron chi connectivity index (χ2n) is 6.83. The van der Waals surface area contributed by atoms with Gasteiger partial charge in [0.25, 0.3) is 0 Å². The Labute approximate surface area is 156 Å². The molecule has 1 atom stereocenters. The number of hydrogen-bond acceptors (Lipinski definition) is 4. The molecule has 6 heteroatoms. The van der Waals surface area contributed by atoms with Crippen LogP contribution in [-0.4, -0.2) is 45.5 Å². The third kappa shape index (κ3) is 3.44. The Kier molecular flexibility index (Phi) is 5.25. The Morgan fingerprint density at radius 1 is 1.04 bits per heavy atom. The normalized spacial score (nSPS) is 18.8. The zero-order valence-electron chi connectivity index (χ0n) is 15.8. The monoisotopic (exact) mass is 374 g/mol. The highest BCUT2D eigenvalue weighted by molar-refractivity contribution is 7.89. The molecule has 0 bridgehead atoms. The van der Waals surface area contributed by atoms with Crippen LogP contribution >= 0.6 is 0 Å². The first-order chi connectivity index (χ1) is 12.3. The highest BCUT2D eigenvalue weighted by Crippen LogP contribution is 2.30. The number of sulfonamides is 1. The summed E-state index contributed by atoms with van der Waals surface area (Å²) in [5, 5.41) is 0. The minimum atomic E-state index is -3.54. The van der Waals surface area contributed by atoms with E-state index in [2.05, 4.69) is 24.0 Å². The highest BCUT2D eigenvalue weighted by atomic mass is 32.2. The van der Waals surface area contributed by atoms with Gasteiger partial charge in [0.05, 0.1) is 12.0 Å². The van der Waals surface area contributed by atoms with E-state index in [0.717, 1.165) is 16.8 Å². The van der Waals surface area contributed by atoms with Crippen molar-refractivity contribution in [3.8, 4) is 5.75 Å². The number of aryl methyl sites for hydroxylation is 2. The summed E-state index contributed by atoms with van der Waals surface area (Å²) in [5.41, 5.74) is 2.58. The van der Waals surface area contributed by atoms with Gasteiger partial charge in [-0.3, -0.25) is 0 Å². The fourth-order valence-electron chi connectivity index (χ4n) is 3.71. The molecule has 3 rings (SSSR count). The van der Waals surface area contributed by atoms with E-state index in [1.165, 1.54) is 0 Å². The van der Waals surface area contributed by atoms with Crippen molar-refractivity contribution in [3.05, 3.63) is 53.6 Å². The standard InChI is InChI=1S/C20H26N2O3S/c1-15-12-19(25-4)13-16(2)20(15)26(23,24)21-10-11-22(17(3)14-21)18-8-6-5-7-9-18/h5-9,12-13,17H,10-11,14H2,1-4H3. The zero-order valence-corrected chi connectivity index (χ0v) is 16.6. The van der Waals surface area contributed by atoms with Gasteiger partial charge in [-0.05, 0) is 56.2 Å². The van der Waals surface area contributed by atoms with Crippen molar-refractivity contribution in [3.63, 3.8) is 0 Å². The van der Waals surface area contributed by atoms with Crippen molar-refractivity contribution in [1.82, 2.24) is 4.31 Å². The van der Waals surface area contributed by atoms with Crippen molar-refractivity contribution < 1.29 is 13.2 Å². The number of piperazine rings is 1. The largest absolute Gasteiger partial charge is 0.497 e. The Hall–Kier alpha value is -2.05. The topological polar surface area (TPSA) is 49.9 Å². The molecule has 0 aliphatic carbocycles. The Bertz CT molecular complexity index is 858. The van der Waals surface area contributed by atoms with Crippen LogP contribution in [0.1, 0.15) is 18.1 Å². The number of rotatable bonds is 4. The van der Waals surface area contributed by atoms with Gasteiger partial charge in [0.1, 0.15) is 5.75 Å². The molecular formula is C20H26N2O3S. The molecule has 0 spiro atoms. The average molecular weight is 375 g/mol. The van der Waals surface area contributed by atoms with E-state index in [0.29, 0.717) is 30.3 Å². The molecule has 0 aromatic heterocycles. The molecule has 0 radical (unpaired) electrons. The van der Waals surface area contributed by atoms with E-state index >= 15 is 0 Å². The van der Waals surface area contributed by atoms with Crippen LogP contribution in [0.2, 0.25) is 0 Å². The zero-order chi connectivity index (χ0) is 18.9. The minimum Gasteiger partial charge on any atom is -0.497 e. The first-order valence-corrected chi connectivity index (χ1v) is 10.3. The fraction of sp³-hybridized carbons (Fsp3) is 0.400. The molecule has 2 aromatic carbocycles. The summed E-state index contributed by atoms with van der Waals surface area (Å²) in [7, 11) is -1.95. The number of anilines is 1. The van der Waals surface area contributed by atoms with Gasteiger partial charge in [0.15, 0.2) is 0 Å². The Balaban J connectivity index is 1.86. The molecule has 1 aliphatic rings. The van der Waals surface area contributed by atoms with Gasteiger partial charge >= 0.3 is 0 Å². The minimum absolute atomic E-state index is 0.111. The van der Waals surface area contributed by atoms with Crippen molar-refractivity contribution in [2.45, 2.75) is 31.7 Å². The molecule has 1 heterocycles. The lowest BCUT2D eigenvalue weighted by atomic mass is 10.1. The summed E-state index contributed by atoms with van der Waals surface area (Å²) in [6.45, 7) is 7.35. The number of ether oxygens (including phenoxy) is 1. The van der Waals surface area contributed by atoms with Crippen LogP contribution in [-0.2, 0) is 10.0 Å². The van der Waals surface area contributed by atoms with E-state index < -0.39 is 10.0 Å². The van der Waals surface area contributed by atoms with E-state index in [1.807, 2.05) is 32.0 Å². The SMILES string of the molecule is COc1cc(C)c(S(=O)(=O)N2CCN(c3ccccc3)C(C)C2)c(C)c1. The van der Waals surface area contributed by atoms with Crippen LogP contribution in [0.3, 0.4) is 0 Å². The number of nitrogens with zero attached hydrogens (tertiary/aromatic N) is 2. The lowest BCUT2D eigenvalue weighted by molar-refractivity contribution is 0.342. The third-order valence-corrected chi connectivity index (χ3v) is 7.12. The first-order valence-electron chi connectivity index (χ1n) is 8.81. The van der Waals surface area contributed by atoms with E-state index in [-0.39, 0.29) is 6.04 Å². The quantitative estimate of drug-likeness (QED) is 0.825. The van der Waals surface area contributed by atoms with Gasteiger partial charge in [0, 0.05) is 31.4 Å². The molecule has 2 aromatic rings. The summed E-state index contributed by atoms with van der Waals surface area (Å²) >= 11 is 0. The van der Waals surface area contributed by atoms with Gasteiger partial charge in [0.2, 0.25) is 10.0 Å². The Morgan fingerprint density at radius 2 is 1.65 bits per heavy atom. The van der Waals surface area contributed by atoms with Crippen LogP contribution < -0.4 is 9.64 Å². The molecule has 140 valence electrons. The highest BCUT2D eigenvalue weighted by Gasteiger charge is 2.34. The van der Waals surface area contributed by atoms with Gasteiger partial charge < -0.3 is 9.64 Å². The molecule has 0 amide bonds. The van der Waals surface area contributed by atoms with Crippen LogP contribution in [0, 0.1) is 13.8 Å². The van der Waals surface area contributed by atoms with Gasteiger partial charge in [-0.1, -0.05) is 18.2 Å². The van der Waals surface area contributed by atoms with Crippen molar-refractivity contribution >= 4 is 15.7 Å². The molecule has 1 aliphatic heterocycles. The molecule has 1 saturated heterocycles. The summed E-state index contributed by atoms with van der Waals surface area (Å²) in [4.78, 5) is 2.67. The van der Waals surface area contributed by atoms with Crippen molar-refractivity contribution in [2.24, 2.45) is 0 Å². The second kappa shape index (κ2) is 7.29. The molecule has 5 nitrogen and oxygen atoms in total. The van der Waals surface area contributed by atoms with E-state index in [9.17, 15) is 8.42 Å². The summed E-state index contributed by atoms with van der Waals surface area (Å²) in [6.07, 6.45) is 0. The van der Waals surface area contributed by atoms with Crippen LogP contribution in [0.15, 0.2) is 47.4 Å². The molecule has 1 fully saturated rings. The Morgan fingerprint density at radius 3 is 2.19 bits per heavy atom. The van der Waals surface area contributed by atoms with Crippen LogP contribution in [0.5, 0.6) is 5.75 Å². The smallest absolute Gasteiger partial charge is 0.243 e. The number of methoxy groups -OCH3 is 1. The number of para-hydroxylation sites is 1. The first kappa shape index (κ1) is 18.7. The van der Waals surface area contributed by atoms with Crippen LogP contribution in [0.4, 0.5) is 5.69 Å². The predicted molar refractivity (Wildman–Crippen MR) is 104 cm³/mol. The maximum atomic E-state index is 13.3. The van der Waals surface area contributed by atoms with E-state index in [1.54, 1.807) is 23.5 Å². The second-order valence-corrected chi connectivity index (χ2v) is 8.71. The summed E-state index contributed by atoms with van der Waals surface area (Å²) in [6, 6.07) is 13.8. The van der Waals surface area contributed by atoms with Crippen molar-refractivity contribution in [2.75, 3.05) is 31.6 Å². The average Bonchev–Trinajstić information content (AvgIpc) is 2.61. The lowest BCUT2D eigenvalue weighted by Crippen LogP contribution is -2.53. The third-order valence-electron chi connectivity index (χ3n) is 4.95. The lowest BCUT2D eigenvalue weighted by Gasteiger charge is -2.40. The molecular weight excluding hydrogens is 348 g/mol. The molecule has 1 unspecified atom stereocenters. The summed E-state index contributed by atoms with van der Waals surface area (Å²) in [5.74, 6) is 0.682. The van der Waals surface area contributed by atoms with Crippen LogP contribution in [0.25, 0.3) is 0 Å².